The molecule has 0 spiro atoms. The molecule has 1 saturated heterocycles. The topological polar surface area (TPSA) is 65.1 Å². The van der Waals surface area contributed by atoms with E-state index in [0.29, 0.717) is 25.5 Å². The largest absolute Gasteiger partial charge is 0.497 e. The van der Waals surface area contributed by atoms with Gasteiger partial charge in [-0.1, -0.05) is 12.1 Å². The van der Waals surface area contributed by atoms with E-state index in [4.69, 9.17) is 14.2 Å². The zero-order chi connectivity index (χ0) is 23.1. The normalized spacial score (nSPS) is 16.2. The van der Waals surface area contributed by atoms with Crippen LogP contribution in [0.2, 0.25) is 0 Å². The Balaban J connectivity index is 1.49. The number of hydrogen-bond donors (Lipinski definition) is 0. The van der Waals surface area contributed by atoms with Gasteiger partial charge in [-0.15, -0.1) is 0 Å². The minimum atomic E-state index is -3.71. The molecule has 0 saturated carbocycles. The van der Waals surface area contributed by atoms with Crippen molar-refractivity contribution in [3.63, 3.8) is 0 Å². The van der Waals surface area contributed by atoms with E-state index in [1.165, 1.54) is 9.87 Å². The van der Waals surface area contributed by atoms with Crippen molar-refractivity contribution in [2.75, 3.05) is 26.9 Å². The van der Waals surface area contributed by atoms with Gasteiger partial charge in [0, 0.05) is 26.1 Å². The Bertz CT molecular complexity index is 1110. The first-order valence-electron chi connectivity index (χ1n) is 11.0. The average molecular weight is 488 g/mol. The van der Waals surface area contributed by atoms with Crippen LogP contribution in [0.3, 0.4) is 0 Å². The van der Waals surface area contributed by atoms with Crippen LogP contribution in [0.5, 0.6) is 11.5 Å². The van der Waals surface area contributed by atoms with Crippen molar-refractivity contribution in [3.05, 3.63) is 76.5 Å². The Morgan fingerprint density at radius 3 is 2.64 bits per heavy atom. The Hall–Kier alpha value is -2.39. The van der Waals surface area contributed by atoms with E-state index in [1.807, 2.05) is 24.3 Å². The van der Waals surface area contributed by atoms with Gasteiger partial charge in [0.2, 0.25) is 10.0 Å². The maximum absolute atomic E-state index is 13.5. The highest BCUT2D eigenvalue weighted by atomic mass is 32.2. The summed E-state index contributed by atoms with van der Waals surface area (Å²) >= 11 is 1.68. The number of nitrogens with zero attached hydrogens (tertiary/aromatic N) is 1. The highest BCUT2D eigenvalue weighted by Gasteiger charge is 2.29. The molecule has 2 heterocycles. The summed E-state index contributed by atoms with van der Waals surface area (Å²) in [6.45, 7) is 1.81. The van der Waals surface area contributed by atoms with Gasteiger partial charge in [0.05, 0.1) is 24.7 Å². The first kappa shape index (κ1) is 23.8. The smallest absolute Gasteiger partial charge is 0.243 e. The zero-order valence-corrected chi connectivity index (χ0v) is 20.3. The van der Waals surface area contributed by atoms with E-state index in [2.05, 4.69) is 16.8 Å². The van der Waals surface area contributed by atoms with Crippen molar-refractivity contribution in [1.82, 2.24) is 4.31 Å². The van der Waals surface area contributed by atoms with Crippen molar-refractivity contribution in [2.24, 2.45) is 0 Å². The molecule has 6 nitrogen and oxygen atoms in total. The molecule has 2 aromatic carbocycles. The lowest BCUT2D eigenvalue weighted by molar-refractivity contribution is 0.0926. The molecule has 8 heteroatoms. The fourth-order valence-electron chi connectivity index (χ4n) is 3.82. The van der Waals surface area contributed by atoms with E-state index >= 15 is 0 Å². The molecule has 0 unspecified atom stereocenters. The van der Waals surface area contributed by atoms with Gasteiger partial charge in [0.1, 0.15) is 11.5 Å². The van der Waals surface area contributed by atoms with E-state index in [-0.39, 0.29) is 17.5 Å². The molecule has 1 aliphatic heterocycles. The van der Waals surface area contributed by atoms with Gasteiger partial charge in [-0.05, 0) is 77.2 Å². The van der Waals surface area contributed by atoms with Gasteiger partial charge in [-0.25, -0.2) is 8.42 Å². The first-order chi connectivity index (χ1) is 16.0. The Morgan fingerprint density at radius 2 is 1.94 bits per heavy atom. The number of sulfonamides is 1. The number of ether oxygens (including phenoxy) is 3. The second kappa shape index (κ2) is 11.2. The number of benzene rings is 2. The second-order valence-corrected chi connectivity index (χ2v) is 10.7. The van der Waals surface area contributed by atoms with Gasteiger partial charge >= 0.3 is 0 Å². The van der Waals surface area contributed by atoms with Crippen LogP contribution in [0.4, 0.5) is 0 Å². The van der Waals surface area contributed by atoms with Gasteiger partial charge in [0.15, 0.2) is 0 Å². The average Bonchev–Trinajstić information content (AvgIpc) is 3.53. The van der Waals surface area contributed by atoms with Crippen LogP contribution in [0, 0.1) is 0 Å². The van der Waals surface area contributed by atoms with Gasteiger partial charge in [0.25, 0.3) is 0 Å². The van der Waals surface area contributed by atoms with Crippen molar-refractivity contribution in [1.29, 1.82) is 0 Å². The fourth-order valence-corrected chi connectivity index (χ4v) is 5.98. The highest BCUT2D eigenvalue weighted by molar-refractivity contribution is 7.89. The molecule has 0 amide bonds. The molecular weight excluding hydrogens is 458 g/mol. The zero-order valence-electron chi connectivity index (χ0n) is 18.7. The van der Waals surface area contributed by atoms with Gasteiger partial charge in [-0.3, -0.25) is 0 Å². The Labute approximate surface area is 199 Å². The van der Waals surface area contributed by atoms with Crippen molar-refractivity contribution in [2.45, 2.75) is 36.8 Å². The quantitative estimate of drug-likeness (QED) is 0.391. The highest BCUT2D eigenvalue weighted by Crippen LogP contribution is 2.25. The Morgan fingerprint density at radius 1 is 1.09 bits per heavy atom. The maximum atomic E-state index is 13.5. The molecule has 1 aliphatic rings. The third kappa shape index (κ3) is 6.35. The van der Waals surface area contributed by atoms with Crippen LogP contribution in [-0.2, 0) is 27.7 Å². The first-order valence-corrected chi connectivity index (χ1v) is 13.4. The third-order valence-electron chi connectivity index (χ3n) is 5.63. The van der Waals surface area contributed by atoms with Crippen LogP contribution in [0.15, 0.2) is 70.3 Å². The molecular formula is C25H29NO5S2. The molecule has 0 radical (unpaired) electrons. The lowest BCUT2D eigenvalue weighted by atomic mass is 10.2. The SMILES string of the molecule is COc1ccc(S(=O)(=O)N(Cc2cccc(OCCc3ccsc3)c2)C[C@@H]2CCCO2)cc1. The van der Waals surface area contributed by atoms with E-state index in [9.17, 15) is 8.42 Å². The lowest BCUT2D eigenvalue weighted by Gasteiger charge is -2.25. The number of rotatable bonds is 11. The standard InChI is InChI=1S/C25H29NO5S2/c1-29-22-7-9-25(10-8-22)33(27,28)26(18-24-6-3-13-30-24)17-21-4-2-5-23(16-21)31-14-11-20-12-15-32-19-20/h2,4-5,7-10,12,15-16,19,24H,3,6,11,13-14,17-18H2,1H3/t24-/m0/s1. The molecule has 4 rings (SSSR count). The van der Waals surface area contributed by atoms with Crippen LogP contribution in [0.1, 0.15) is 24.0 Å². The summed E-state index contributed by atoms with van der Waals surface area (Å²) < 4.78 is 45.4. The monoisotopic (exact) mass is 487 g/mol. The summed E-state index contributed by atoms with van der Waals surface area (Å²) in [5, 5.41) is 4.18. The summed E-state index contributed by atoms with van der Waals surface area (Å²) in [7, 11) is -2.15. The van der Waals surface area contributed by atoms with E-state index in [1.54, 1.807) is 42.7 Å². The molecule has 3 aromatic rings. The minimum absolute atomic E-state index is 0.0944. The summed E-state index contributed by atoms with van der Waals surface area (Å²) in [5.74, 6) is 1.36. The summed E-state index contributed by atoms with van der Waals surface area (Å²) in [6, 6.07) is 16.2. The number of hydrogen-bond acceptors (Lipinski definition) is 6. The van der Waals surface area contributed by atoms with Crippen molar-refractivity contribution in [3.8, 4) is 11.5 Å². The van der Waals surface area contributed by atoms with Crippen LogP contribution < -0.4 is 9.47 Å². The van der Waals surface area contributed by atoms with Crippen molar-refractivity contribution < 1.29 is 22.6 Å². The minimum Gasteiger partial charge on any atom is -0.497 e. The molecule has 0 N–H and O–H groups in total. The van der Waals surface area contributed by atoms with Crippen LogP contribution in [-0.4, -0.2) is 45.7 Å². The molecule has 0 aliphatic carbocycles. The van der Waals surface area contributed by atoms with E-state index in [0.717, 1.165) is 30.6 Å². The number of methoxy groups -OCH3 is 1. The molecule has 1 fully saturated rings. The summed E-state index contributed by atoms with van der Waals surface area (Å²) in [6.07, 6.45) is 2.56. The van der Waals surface area contributed by atoms with E-state index < -0.39 is 10.0 Å². The molecule has 0 bridgehead atoms. The summed E-state index contributed by atoms with van der Waals surface area (Å²) in [4.78, 5) is 0.240. The van der Waals surface area contributed by atoms with Crippen LogP contribution >= 0.6 is 11.3 Å². The van der Waals surface area contributed by atoms with Gasteiger partial charge in [-0.2, -0.15) is 15.6 Å². The fraction of sp³-hybridized carbons (Fsp3) is 0.360. The predicted molar refractivity (Wildman–Crippen MR) is 130 cm³/mol. The molecule has 176 valence electrons. The Kier molecular flexibility index (Phi) is 8.03. The van der Waals surface area contributed by atoms with Crippen molar-refractivity contribution >= 4 is 21.4 Å². The van der Waals surface area contributed by atoms with Gasteiger partial charge < -0.3 is 14.2 Å². The summed E-state index contributed by atoms with van der Waals surface area (Å²) in [5.41, 5.74) is 2.13. The molecule has 33 heavy (non-hydrogen) atoms. The molecule has 1 atom stereocenters. The molecule has 1 aromatic heterocycles. The third-order valence-corrected chi connectivity index (χ3v) is 8.18. The number of thiophene rings is 1. The van der Waals surface area contributed by atoms with Crippen LogP contribution in [0.25, 0.3) is 0 Å². The lowest BCUT2D eigenvalue weighted by Crippen LogP contribution is -2.37. The maximum Gasteiger partial charge on any atom is 0.243 e. The predicted octanol–water partition coefficient (Wildman–Crippen LogP) is 4.75. The second-order valence-electron chi connectivity index (χ2n) is 7.99.